The molecule has 0 spiro atoms. The van der Waals surface area contributed by atoms with Crippen LogP contribution in [-0.2, 0) is 39.4 Å². The maximum absolute atomic E-state index is 5.05. The molecule has 0 bridgehead atoms. The molecule has 1 N–H and O–H groups in total. The van der Waals surface area contributed by atoms with Gasteiger partial charge in [0.25, 0.3) is 0 Å². The molecule has 0 saturated heterocycles. The second-order valence-electron chi connectivity index (χ2n) is 17.7. The third kappa shape index (κ3) is 9.06. The first kappa shape index (κ1) is 44.5. The number of pyridine rings is 2. The molecule has 12 rings (SSSR count). The van der Waals surface area contributed by atoms with E-state index in [9.17, 15) is 0 Å². The minimum atomic E-state index is 0. The van der Waals surface area contributed by atoms with Gasteiger partial charge in [0, 0.05) is 43.9 Å². The van der Waals surface area contributed by atoms with Crippen LogP contribution in [0.3, 0.4) is 0 Å². The van der Waals surface area contributed by atoms with Gasteiger partial charge in [-0.1, -0.05) is 157 Å². The van der Waals surface area contributed by atoms with Crippen molar-refractivity contribution in [3.8, 4) is 78.1 Å². The van der Waals surface area contributed by atoms with Crippen LogP contribution in [0.4, 0.5) is 5.69 Å². The van der Waals surface area contributed by atoms with E-state index in [-0.39, 0.29) is 20.1 Å². The van der Waals surface area contributed by atoms with E-state index in [1.807, 2.05) is 42.7 Å². The summed E-state index contributed by atoms with van der Waals surface area (Å²) in [6.45, 7) is 2.10. The molecule has 10 aromatic rings. The number of nitrogens with one attached hydrogen (secondary N) is 1. The summed E-state index contributed by atoms with van der Waals surface area (Å²) in [5, 5.41) is 3.68. The number of hydrogen-bond donors (Lipinski definition) is 1. The Labute approximate surface area is 424 Å². The van der Waals surface area contributed by atoms with Crippen LogP contribution < -0.4 is 10.2 Å². The van der Waals surface area contributed by atoms with Crippen LogP contribution in [0.25, 0.3) is 83.8 Å². The summed E-state index contributed by atoms with van der Waals surface area (Å²) in [4.78, 5) is 12.1. The number of aryl methyl sites for hydroxylation is 3. The predicted octanol–water partition coefficient (Wildman–Crippen LogP) is 15.2. The Hall–Kier alpha value is -7.95. The number of nitrogens with zero attached hydrogens (tertiary/aromatic N) is 3. The number of anilines is 1. The van der Waals surface area contributed by atoms with Crippen LogP contribution >= 0.6 is 0 Å². The van der Waals surface area contributed by atoms with Gasteiger partial charge < -0.3 is 20.2 Å². The Morgan fingerprint density at radius 2 is 1.00 bits per heavy atom. The third-order valence-corrected chi connectivity index (χ3v) is 13.4. The minimum absolute atomic E-state index is 0. The normalized spacial score (nSPS) is 12.4. The van der Waals surface area contributed by atoms with Gasteiger partial charge in [-0.3, -0.25) is 0 Å². The summed E-state index contributed by atoms with van der Waals surface area (Å²) in [5.41, 5.74) is 24.1. The first-order chi connectivity index (χ1) is 34.2. The molecule has 4 heterocycles. The average Bonchev–Trinajstić information content (AvgIpc) is 3.87. The first-order valence-electron chi connectivity index (χ1n) is 23.7. The second-order valence-corrected chi connectivity index (χ2v) is 17.7. The van der Waals surface area contributed by atoms with Crippen molar-refractivity contribution in [3.05, 3.63) is 271 Å². The molecule has 4 nitrogen and oxygen atoms in total. The van der Waals surface area contributed by atoms with Crippen molar-refractivity contribution in [1.82, 2.24) is 15.3 Å². The molecule has 339 valence electrons. The molecule has 2 aromatic heterocycles. The number of fused-ring (bicyclic) bond motifs is 6. The smallest absolute Gasteiger partial charge is 0.0350 e. The topological polar surface area (TPSA) is 41.0 Å². The van der Waals surface area contributed by atoms with Crippen molar-refractivity contribution < 1.29 is 20.1 Å². The predicted molar refractivity (Wildman–Crippen MR) is 282 cm³/mol. The van der Waals surface area contributed by atoms with E-state index in [1.165, 1.54) is 67.0 Å². The summed E-state index contributed by atoms with van der Waals surface area (Å²) < 4.78 is 0. The van der Waals surface area contributed by atoms with Crippen LogP contribution in [0.1, 0.15) is 28.7 Å². The fourth-order valence-corrected chi connectivity index (χ4v) is 9.88. The zero-order valence-electron chi connectivity index (χ0n) is 38.4. The Kier molecular flexibility index (Phi) is 12.7. The molecule has 0 aliphatic carbocycles. The molecule has 0 fully saturated rings. The van der Waals surface area contributed by atoms with Gasteiger partial charge in [-0.05, 0) is 98.3 Å². The van der Waals surface area contributed by atoms with Crippen molar-refractivity contribution in [1.29, 1.82) is 0 Å². The quantitative estimate of drug-likeness (QED) is 0.124. The van der Waals surface area contributed by atoms with Gasteiger partial charge in [-0.15, -0.1) is 76.9 Å². The maximum Gasteiger partial charge on any atom is 0.0350 e. The van der Waals surface area contributed by atoms with E-state index in [0.29, 0.717) is 0 Å². The molecule has 1 radical (unpaired) electrons. The van der Waals surface area contributed by atoms with Gasteiger partial charge in [0.2, 0.25) is 0 Å². The van der Waals surface area contributed by atoms with Crippen molar-refractivity contribution in [2.24, 2.45) is 0 Å². The van der Waals surface area contributed by atoms with Gasteiger partial charge in [-0.25, -0.2) is 0 Å². The summed E-state index contributed by atoms with van der Waals surface area (Å²) in [6, 6.07) is 83.4. The molecule has 5 heteroatoms. The molecule has 0 saturated carbocycles. The second kappa shape index (κ2) is 19.9. The van der Waals surface area contributed by atoms with E-state index in [1.54, 1.807) is 0 Å². The van der Waals surface area contributed by atoms with E-state index in [4.69, 9.17) is 9.97 Å². The largest absolute Gasteiger partial charge is 0.518 e. The average molecular weight is 1080 g/mol. The Balaban J connectivity index is 0.00000533. The van der Waals surface area contributed by atoms with E-state index in [0.717, 1.165) is 76.1 Å². The Morgan fingerprint density at radius 1 is 0.400 bits per heavy atom. The number of para-hydroxylation sites is 1. The molecule has 2 aliphatic heterocycles. The van der Waals surface area contributed by atoms with Crippen LogP contribution in [0.2, 0.25) is 0 Å². The minimum Gasteiger partial charge on any atom is -0.518 e. The van der Waals surface area contributed by atoms with Crippen molar-refractivity contribution in [2.45, 2.75) is 25.7 Å². The molecule has 2 aliphatic rings. The Morgan fingerprint density at radius 3 is 1.74 bits per heavy atom. The van der Waals surface area contributed by atoms with Gasteiger partial charge in [0.15, 0.2) is 0 Å². The Bertz CT molecular complexity index is 3470. The molecule has 0 amide bonds. The SMILES string of the molecule is [Ir].[c-]1ccccc1-c1ccc(CCc2cc(CCC3=C4c5ccccc5-c5ccc[c-]c5N4[CH-]N3)cc(-c3ccccc3-c3ccc(-c4[c-]ccc(-c5ccc(-c6ccccc6)cc5)c4)nc3)c2)cn1. The first-order valence-corrected chi connectivity index (χ1v) is 23.7. The molecule has 0 unspecified atom stereocenters. The fraction of sp³-hybridized carbons (Fsp3) is 0.0615. The van der Waals surface area contributed by atoms with Crippen molar-refractivity contribution >= 4 is 11.4 Å². The summed E-state index contributed by atoms with van der Waals surface area (Å²) in [6.07, 6.45) is 7.52. The van der Waals surface area contributed by atoms with Crippen LogP contribution in [0.15, 0.2) is 224 Å². The van der Waals surface area contributed by atoms with Gasteiger partial charge in [-0.2, -0.15) is 30.9 Å². The van der Waals surface area contributed by atoms with Crippen LogP contribution in [0.5, 0.6) is 0 Å². The number of benzene rings is 8. The summed E-state index contributed by atoms with van der Waals surface area (Å²) in [7, 11) is 0. The molecular formula is C65H46IrN4-4. The molecule has 70 heavy (non-hydrogen) atoms. The number of aromatic nitrogens is 2. The molecule has 8 aromatic carbocycles. The van der Waals surface area contributed by atoms with E-state index < -0.39 is 0 Å². The van der Waals surface area contributed by atoms with Crippen molar-refractivity contribution in [2.75, 3.05) is 4.90 Å². The van der Waals surface area contributed by atoms with Gasteiger partial charge in [0.05, 0.1) is 0 Å². The third-order valence-electron chi connectivity index (χ3n) is 13.4. The monoisotopic (exact) mass is 1080 g/mol. The van der Waals surface area contributed by atoms with Crippen LogP contribution in [0, 0.1) is 24.9 Å². The van der Waals surface area contributed by atoms with Gasteiger partial charge in [0.1, 0.15) is 0 Å². The summed E-state index contributed by atoms with van der Waals surface area (Å²) >= 11 is 0. The summed E-state index contributed by atoms with van der Waals surface area (Å²) in [5.74, 6) is 0. The number of allylic oxidation sites excluding steroid dienone is 1. The van der Waals surface area contributed by atoms with E-state index >= 15 is 0 Å². The van der Waals surface area contributed by atoms with Crippen LogP contribution in [-0.4, -0.2) is 9.97 Å². The standard InChI is InChI=1S/C65H46N4.Ir/c1-3-14-48(15-4-1)49-30-32-50(33-31-49)52-18-13-19-53(41-52)62-37-34-54(43-67-62)56-20-7-8-21-57(56)55-39-46(27-26-45-28-35-61(66-42-45)51-16-5-2-6-17-51)38-47(40-55)29-36-63-65-60-24-10-9-22-58(60)59-23-11-12-25-64(59)69(65)44-68-63;/h1-16,18,20-24,28,30-35,37-44,68H,26-27,29,36H2;/q-4;. The number of hydrogen-bond acceptors (Lipinski definition) is 4. The zero-order chi connectivity index (χ0) is 45.9. The fourth-order valence-electron chi connectivity index (χ4n) is 9.88. The maximum atomic E-state index is 5.05. The zero-order valence-corrected chi connectivity index (χ0v) is 40.8. The van der Waals surface area contributed by atoms with Gasteiger partial charge >= 0.3 is 0 Å². The molecular weight excluding hydrogens is 1030 g/mol. The van der Waals surface area contributed by atoms with E-state index in [2.05, 4.69) is 211 Å². The molecule has 0 atom stereocenters. The number of rotatable bonds is 12. The van der Waals surface area contributed by atoms with Crippen molar-refractivity contribution in [3.63, 3.8) is 0 Å².